The Kier molecular flexibility index (Phi) is 3.81. The van der Waals surface area contributed by atoms with Crippen molar-refractivity contribution in [2.75, 3.05) is 11.9 Å². The van der Waals surface area contributed by atoms with Crippen LogP contribution in [-0.4, -0.2) is 31.5 Å². The molecule has 0 amide bonds. The number of anilines is 1. The normalized spacial score (nSPS) is 10.5. The monoisotopic (exact) mass is 284 g/mol. The summed E-state index contributed by atoms with van der Waals surface area (Å²) in [7, 11) is 0. The zero-order valence-electron chi connectivity index (χ0n) is 11.1. The van der Waals surface area contributed by atoms with Crippen LogP contribution in [0.2, 0.25) is 0 Å². The molecule has 0 fully saturated rings. The Hall–Kier alpha value is -2.83. The van der Waals surface area contributed by atoms with Gasteiger partial charge >= 0.3 is 0 Å². The Morgan fingerprint density at radius 2 is 2.05 bits per heavy atom. The Morgan fingerprint density at radius 1 is 1.19 bits per heavy atom. The molecule has 0 spiro atoms. The number of rotatable bonds is 5. The van der Waals surface area contributed by atoms with Crippen molar-refractivity contribution in [2.24, 2.45) is 0 Å². The van der Waals surface area contributed by atoms with Gasteiger partial charge in [-0.2, -0.15) is 0 Å². The van der Waals surface area contributed by atoms with Crippen LogP contribution < -0.4 is 5.32 Å². The van der Waals surface area contributed by atoms with Crippen molar-refractivity contribution in [1.82, 2.24) is 25.0 Å². The van der Waals surface area contributed by atoms with Crippen LogP contribution in [0.15, 0.2) is 48.9 Å². The Morgan fingerprint density at radius 3 is 2.81 bits per heavy atom. The van der Waals surface area contributed by atoms with E-state index in [1.54, 1.807) is 17.1 Å². The van der Waals surface area contributed by atoms with E-state index in [2.05, 4.69) is 25.6 Å². The number of aromatic nitrogens is 5. The number of nitrogens with zero attached hydrogens (tertiary/aromatic N) is 5. The molecule has 3 rings (SSSR count). The average Bonchev–Trinajstić information content (AvgIpc) is 3.03. The molecule has 0 unspecified atom stereocenters. The van der Waals surface area contributed by atoms with E-state index < -0.39 is 5.82 Å². The second-order valence-electron chi connectivity index (χ2n) is 4.35. The number of benzene rings is 1. The third-order valence-electron chi connectivity index (χ3n) is 2.89. The molecule has 0 aliphatic heterocycles. The smallest absolute Gasteiger partial charge is 0.223 e. The molecule has 1 N–H and O–H groups in total. The molecule has 3 aromatic rings. The lowest BCUT2D eigenvalue weighted by Crippen LogP contribution is -2.13. The quantitative estimate of drug-likeness (QED) is 0.776. The third kappa shape index (κ3) is 3.19. The minimum absolute atomic E-state index is 0.286. The first-order valence-corrected chi connectivity index (χ1v) is 6.49. The molecule has 2 aromatic heterocycles. The predicted octanol–water partition coefficient (Wildman–Crippen LogP) is 1.99. The number of hydrogen-bond acceptors (Lipinski definition) is 5. The summed E-state index contributed by atoms with van der Waals surface area (Å²) in [6, 6.07) is 9.18. The molecule has 0 atom stereocenters. The molecule has 21 heavy (non-hydrogen) atoms. The van der Waals surface area contributed by atoms with Gasteiger partial charge < -0.3 is 5.32 Å². The zero-order valence-corrected chi connectivity index (χ0v) is 11.1. The molecule has 106 valence electrons. The lowest BCUT2D eigenvalue weighted by molar-refractivity contribution is 0.604. The minimum atomic E-state index is -0.442. The minimum Gasteiger partial charge on any atom is -0.352 e. The Balaban J connectivity index is 1.72. The maximum Gasteiger partial charge on any atom is 0.223 e. The molecule has 0 aliphatic rings. The van der Waals surface area contributed by atoms with E-state index in [9.17, 15) is 4.39 Å². The van der Waals surface area contributed by atoms with Gasteiger partial charge in [0.1, 0.15) is 5.69 Å². The van der Waals surface area contributed by atoms with Crippen LogP contribution in [0.25, 0.3) is 11.3 Å². The summed E-state index contributed by atoms with van der Waals surface area (Å²) in [5, 5.41) is 10.6. The second kappa shape index (κ2) is 6.08. The SMILES string of the molecule is Fc1cnc(NCCn2ccnn2)nc1-c1ccccc1. The Labute approximate surface area is 120 Å². The summed E-state index contributed by atoms with van der Waals surface area (Å²) in [5.74, 6) is -0.0570. The van der Waals surface area contributed by atoms with E-state index in [0.717, 1.165) is 5.56 Å². The highest BCUT2D eigenvalue weighted by Crippen LogP contribution is 2.20. The van der Waals surface area contributed by atoms with Gasteiger partial charge in [0.05, 0.1) is 18.9 Å². The van der Waals surface area contributed by atoms with Crippen molar-refractivity contribution in [3.63, 3.8) is 0 Å². The number of hydrogen-bond donors (Lipinski definition) is 1. The van der Waals surface area contributed by atoms with E-state index in [4.69, 9.17) is 0 Å². The molecule has 2 heterocycles. The summed E-state index contributed by atoms with van der Waals surface area (Å²) in [4.78, 5) is 8.16. The van der Waals surface area contributed by atoms with E-state index in [1.807, 2.05) is 30.3 Å². The molecular weight excluding hydrogens is 271 g/mol. The van der Waals surface area contributed by atoms with Crippen molar-refractivity contribution >= 4 is 5.95 Å². The fourth-order valence-corrected chi connectivity index (χ4v) is 1.88. The summed E-state index contributed by atoms with van der Waals surface area (Å²) in [6.07, 6.45) is 4.55. The van der Waals surface area contributed by atoms with E-state index >= 15 is 0 Å². The van der Waals surface area contributed by atoms with E-state index in [1.165, 1.54) is 6.20 Å². The van der Waals surface area contributed by atoms with Crippen LogP contribution in [0.4, 0.5) is 10.3 Å². The van der Waals surface area contributed by atoms with Crippen molar-refractivity contribution in [2.45, 2.75) is 6.54 Å². The lowest BCUT2D eigenvalue weighted by atomic mass is 10.1. The first kappa shape index (κ1) is 13.2. The third-order valence-corrected chi connectivity index (χ3v) is 2.89. The standard InChI is InChI=1S/C14H13FN6/c15-12-10-17-14(16-6-8-21-9-7-18-20-21)19-13(12)11-4-2-1-3-5-11/h1-5,7,9-10H,6,8H2,(H,16,17,19). The van der Waals surface area contributed by atoms with Gasteiger partial charge in [-0.15, -0.1) is 5.10 Å². The molecule has 0 saturated heterocycles. The molecule has 0 aliphatic carbocycles. The fraction of sp³-hybridized carbons (Fsp3) is 0.143. The maximum atomic E-state index is 13.8. The van der Waals surface area contributed by atoms with Gasteiger partial charge in [0.25, 0.3) is 0 Å². The first-order chi connectivity index (χ1) is 10.3. The number of nitrogens with one attached hydrogen (secondary N) is 1. The van der Waals surface area contributed by atoms with Crippen LogP contribution in [0, 0.1) is 5.82 Å². The van der Waals surface area contributed by atoms with E-state index in [-0.39, 0.29) is 5.69 Å². The van der Waals surface area contributed by atoms with Crippen molar-refractivity contribution in [3.8, 4) is 11.3 Å². The van der Waals surface area contributed by atoms with E-state index in [0.29, 0.717) is 19.0 Å². The zero-order chi connectivity index (χ0) is 14.5. The van der Waals surface area contributed by atoms with Gasteiger partial charge in [-0.25, -0.2) is 14.4 Å². The van der Waals surface area contributed by atoms with Crippen molar-refractivity contribution < 1.29 is 4.39 Å². The van der Waals surface area contributed by atoms with Gasteiger partial charge in [-0.1, -0.05) is 35.5 Å². The van der Waals surface area contributed by atoms with Crippen LogP contribution >= 0.6 is 0 Å². The molecule has 0 radical (unpaired) electrons. The molecule has 0 saturated carbocycles. The fourth-order valence-electron chi connectivity index (χ4n) is 1.88. The summed E-state index contributed by atoms with van der Waals surface area (Å²) >= 11 is 0. The Bertz CT molecular complexity index is 699. The highest BCUT2D eigenvalue weighted by atomic mass is 19.1. The van der Waals surface area contributed by atoms with Gasteiger partial charge in [0.2, 0.25) is 5.95 Å². The average molecular weight is 284 g/mol. The molecular formula is C14H13FN6. The van der Waals surface area contributed by atoms with Crippen LogP contribution in [0.1, 0.15) is 0 Å². The van der Waals surface area contributed by atoms with Gasteiger partial charge in [0, 0.05) is 18.3 Å². The van der Waals surface area contributed by atoms with Gasteiger partial charge in [0.15, 0.2) is 5.82 Å². The second-order valence-corrected chi connectivity index (χ2v) is 4.35. The first-order valence-electron chi connectivity index (χ1n) is 6.49. The maximum absolute atomic E-state index is 13.8. The molecule has 7 heteroatoms. The van der Waals surface area contributed by atoms with Gasteiger partial charge in [-0.3, -0.25) is 4.68 Å². The van der Waals surface area contributed by atoms with Gasteiger partial charge in [-0.05, 0) is 0 Å². The summed E-state index contributed by atoms with van der Waals surface area (Å²) < 4.78 is 15.5. The topological polar surface area (TPSA) is 68.5 Å². The number of halogens is 1. The predicted molar refractivity (Wildman–Crippen MR) is 75.9 cm³/mol. The highest BCUT2D eigenvalue weighted by molar-refractivity contribution is 5.60. The van der Waals surface area contributed by atoms with Crippen LogP contribution in [-0.2, 0) is 6.54 Å². The molecule has 6 nitrogen and oxygen atoms in total. The van der Waals surface area contributed by atoms with Crippen LogP contribution in [0.3, 0.4) is 0 Å². The molecule has 0 bridgehead atoms. The lowest BCUT2D eigenvalue weighted by Gasteiger charge is -2.07. The van der Waals surface area contributed by atoms with Crippen LogP contribution in [0.5, 0.6) is 0 Å². The largest absolute Gasteiger partial charge is 0.352 e. The van der Waals surface area contributed by atoms with Crippen molar-refractivity contribution in [1.29, 1.82) is 0 Å². The highest BCUT2D eigenvalue weighted by Gasteiger charge is 2.08. The summed E-state index contributed by atoms with van der Waals surface area (Å²) in [5.41, 5.74) is 1.01. The van der Waals surface area contributed by atoms with Crippen molar-refractivity contribution in [3.05, 3.63) is 54.7 Å². The summed E-state index contributed by atoms with van der Waals surface area (Å²) in [6.45, 7) is 1.20. The molecule has 1 aromatic carbocycles.